The summed E-state index contributed by atoms with van der Waals surface area (Å²) in [5, 5.41) is 12.3. The lowest BCUT2D eigenvalue weighted by Crippen LogP contribution is -2.47. The van der Waals surface area contributed by atoms with Crippen molar-refractivity contribution in [2.24, 2.45) is 0 Å². The average molecular weight is 260 g/mol. The van der Waals surface area contributed by atoms with Crippen LogP contribution in [0.5, 0.6) is 0 Å². The van der Waals surface area contributed by atoms with Gasteiger partial charge in [-0.3, -0.25) is 4.79 Å². The van der Waals surface area contributed by atoms with Gasteiger partial charge in [-0.2, -0.15) is 5.26 Å². The Morgan fingerprint density at radius 2 is 1.89 bits per heavy atom. The van der Waals surface area contributed by atoms with Crippen molar-refractivity contribution in [3.05, 3.63) is 23.7 Å². The number of nitrogens with one attached hydrogen (secondary N) is 1. The van der Waals surface area contributed by atoms with Crippen molar-refractivity contribution < 1.29 is 9.21 Å². The normalized spacial score (nSPS) is 18.9. The standard InChI is InChI=1S/C15H20N2O2/c1-12-7-8-13(19-12)14(18)17-15(11-16)9-5-3-2-4-6-10-15/h7-8H,2-6,9-10H2,1H3,(H,17,18). The van der Waals surface area contributed by atoms with E-state index in [1.165, 1.54) is 6.42 Å². The molecule has 4 nitrogen and oxygen atoms in total. The molecule has 0 spiro atoms. The predicted octanol–water partition coefficient (Wildman–Crippen LogP) is 3.32. The molecule has 0 bridgehead atoms. The van der Waals surface area contributed by atoms with E-state index >= 15 is 0 Å². The molecule has 19 heavy (non-hydrogen) atoms. The smallest absolute Gasteiger partial charge is 0.288 e. The summed E-state index contributed by atoms with van der Waals surface area (Å²) in [7, 11) is 0. The third-order valence-corrected chi connectivity index (χ3v) is 3.74. The highest BCUT2D eigenvalue weighted by Gasteiger charge is 2.32. The first-order valence-electron chi connectivity index (χ1n) is 6.95. The van der Waals surface area contributed by atoms with Gasteiger partial charge in [0.2, 0.25) is 0 Å². The first-order valence-corrected chi connectivity index (χ1v) is 6.95. The van der Waals surface area contributed by atoms with Crippen molar-refractivity contribution in [2.75, 3.05) is 0 Å². The number of rotatable bonds is 2. The highest BCUT2D eigenvalue weighted by molar-refractivity contribution is 5.92. The number of carbonyl (C=O) groups excluding carboxylic acids is 1. The highest BCUT2D eigenvalue weighted by Crippen LogP contribution is 2.26. The highest BCUT2D eigenvalue weighted by atomic mass is 16.3. The predicted molar refractivity (Wildman–Crippen MR) is 71.6 cm³/mol. The summed E-state index contributed by atoms with van der Waals surface area (Å²) in [6.07, 6.45) is 6.95. The van der Waals surface area contributed by atoms with Gasteiger partial charge in [-0.05, 0) is 31.9 Å². The minimum atomic E-state index is -0.724. The van der Waals surface area contributed by atoms with Gasteiger partial charge in [0.25, 0.3) is 5.91 Å². The Kier molecular flexibility index (Phi) is 4.26. The van der Waals surface area contributed by atoms with Crippen LogP contribution in [0.25, 0.3) is 0 Å². The number of nitrogens with zero attached hydrogens (tertiary/aromatic N) is 1. The molecule has 1 N–H and O–H groups in total. The second-order valence-electron chi connectivity index (χ2n) is 5.33. The van der Waals surface area contributed by atoms with E-state index in [0.29, 0.717) is 5.76 Å². The Hall–Kier alpha value is -1.76. The maximum atomic E-state index is 12.1. The largest absolute Gasteiger partial charge is 0.456 e. The molecule has 1 aromatic rings. The van der Waals surface area contributed by atoms with Crippen molar-refractivity contribution in [2.45, 2.75) is 57.4 Å². The molecule has 0 saturated heterocycles. The summed E-state index contributed by atoms with van der Waals surface area (Å²) in [4.78, 5) is 12.1. The maximum Gasteiger partial charge on any atom is 0.288 e. The lowest BCUT2D eigenvalue weighted by Gasteiger charge is -2.29. The van der Waals surface area contributed by atoms with Crippen LogP contribution in [0.4, 0.5) is 0 Å². The molecule has 1 aliphatic carbocycles. The Morgan fingerprint density at radius 3 is 2.42 bits per heavy atom. The zero-order chi connectivity index (χ0) is 13.7. The molecule has 0 unspecified atom stereocenters. The van der Waals surface area contributed by atoms with Crippen LogP contribution in [0.3, 0.4) is 0 Å². The topological polar surface area (TPSA) is 66.0 Å². The number of carbonyl (C=O) groups is 1. The van der Waals surface area contributed by atoms with Crippen LogP contribution in [0, 0.1) is 18.3 Å². The Balaban J connectivity index is 2.08. The van der Waals surface area contributed by atoms with E-state index < -0.39 is 5.54 Å². The molecular formula is C15H20N2O2. The minimum Gasteiger partial charge on any atom is -0.456 e. The molecule has 0 radical (unpaired) electrons. The van der Waals surface area contributed by atoms with E-state index in [2.05, 4.69) is 11.4 Å². The van der Waals surface area contributed by atoms with Gasteiger partial charge in [0.1, 0.15) is 11.3 Å². The summed E-state index contributed by atoms with van der Waals surface area (Å²) in [6.45, 7) is 1.80. The fourth-order valence-corrected chi connectivity index (χ4v) is 2.61. The molecule has 4 heteroatoms. The monoisotopic (exact) mass is 260 g/mol. The van der Waals surface area contributed by atoms with Gasteiger partial charge >= 0.3 is 0 Å². The molecule has 2 rings (SSSR count). The second-order valence-corrected chi connectivity index (χ2v) is 5.33. The number of hydrogen-bond acceptors (Lipinski definition) is 3. The van der Waals surface area contributed by atoms with Crippen LogP contribution in [-0.2, 0) is 0 Å². The van der Waals surface area contributed by atoms with Gasteiger partial charge in [0, 0.05) is 0 Å². The van der Waals surface area contributed by atoms with E-state index in [0.717, 1.165) is 38.5 Å². The molecule has 1 saturated carbocycles. The molecule has 102 valence electrons. The van der Waals surface area contributed by atoms with Crippen LogP contribution in [-0.4, -0.2) is 11.4 Å². The third kappa shape index (κ3) is 3.37. The Bertz CT molecular complexity index is 477. The van der Waals surface area contributed by atoms with E-state index in [1.54, 1.807) is 19.1 Å². The van der Waals surface area contributed by atoms with Crippen LogP contribution in [0.1, 0.15) is 61.3 Å². The SMILES string of the molecule is Cc1ccc(C(=O)NC2(C#N)CCCCCCC2)o1. The van der Waals surface area contributed by atoms with Gasteiger partial charge < -0.3 is 9.73 Å². The van der Waals surface area contributed by atoms with Crippen molar-refractivity contribution in [3.8, 4) is 6.07 Å². The molecule has 1 aliphatic rings. The van der Waals surface area contributed by atoms with Crippen LogP contribution >= 0.6 is 0 Å². The summed E-state index contributed by atoms with van der Waals surface area (Å²) in [5.74, 6) is 0.707. The first-order chi connectivity index (χ1) is 9.15. The van der Waals surface area contributed by atoms with E-state index in [4.69, 9.17) is 4.42 Å². The quantitative estimate of drug-likeness (QED) is 0.887. The minimum absolute atomic E-state index is 0.282. The third-order valence-electron chi connectivity index (χ3n) is 3.74. The summed E-state index contributed by atoms with van der Waals surface area (Å²) in [5.41, 5.74) is -0.724. The molecular weight excluding hydrogens is 240 g/mol. The summed E-state index contributed by atoms with van der Waals surface area (Å²) < 4.78 is 5.31. The molecule has 1 amide bonds. The fraction of sp³-hybridized carbons (Fsp3) is 0.600. The van der Waals surface area contributed by atoms with Crippen molar-refractivity contribution >= 4 is 5.91 Å². The number of nitriles is 1. The zero-order valence-electron chi connectivity index (χ0n) is 11.4. The van der Waals surface area contributed by atoms with Gasteiger partial charge in [-0.15, -0.1) is 0 Å². The first kappa shape index (κ1) is 13.7. The molecule has 0 aliphatic heterocycles. The van der Waals surface area contributed by atoms with Gasteiger partial charge in [-0.1, -0.05) is 32.1 Å². The van der Waals surface area contributed by atoms with Gasteiger partial charge in [0.05, 0.1) is 6.07 Å². The van der Waals surface area contributed by atoms with Crippen molar-refractivity contribution in [3.63, 3.8) is 0 Å². The van der Waals surface area contributed by atoms with Crippen molar-refractivity contribution in [1.82, 2.24) is 5.32 Å². The number of aryl methyl sites for hydroxylation is 1. The van der Waals surface area contributed by atoms with E-state index in [9.17, 15) is 10.1 Å². The summed E-state index contributed by atoms with van der Waals surface area (Å²) >= 11 is 0. The van der Waals surface area contributed by atoms with E-state index in [-0.39, 0.29) is 11.7 Å². The lowest BCUT2D eigenvalue weighted by molar-refractivity contribution is 0.0878. The second kappa shape index (κ2) is 5.92. The molecule has 1 fully saturated rings. The summed E-state index contributed by atoms with van der Waals surface area (Å²) in [6, 6.07) is 5.73. The molecule has 1 heterocycles. The fourth-order valence-electron chi connectivity index (χ4n) is 2.61. The molecule has 1 aromatic heterocycles. The van der Waals surface area contributed by atoms with Crippen LogP contribution < -0.4 is 5.32 Å². The Morgan fingerprint density at radius 1 is 1.26 bits per heavy atom. The maximum absolute atomic E-state index is 12.1. The molecule has 0 aromatic carbocycles. The van der Waals surface area contributed by atoms with Gasteiger partial charge in [0.15, 0.2) is 5.76 Å². The Labute approximate surface area is 113 Å². The number of amides is 1. The van der Waals surface area contributed by atoms with Crippen LogP contribution in [0.2, 0.25) is 0 Å². The molecule has 0 atom stereocenters. The van der Waals surface area contributed by atoms with Crippen LogP contribution in [0.15, 0.2) is 16.5 Å². The van der Waals surface area contributed by atoms with Gasteiger partial charge in [-0.25, -0.2) is 0 Å². The number of hydrogen-bond donors (Lipinski definition) is 1. The lowest BCUT2D eigenvalue weighted by atomic mass is 9.85. The average Bonchev–Trinajstić information content (AvgIpc) is 2.80. The van der Waals surface area contributed by atoms with Crippen molar-refractivity contribution in [1.29, 1.82) is 5.26 Å². The van der Waals surface area contributed by atoms with E-state index in [1.807, 2.05) is 0 Å². The number of furan rings is 1. The zero-order valence-corrected chi connectivity index (χ0v) is 11.4.